The number of hydrogen-bond donors (Lipinski definition) is 1. The van der Waals surface area contributed by atoms with Crippen LogP contribution in [0.4, 0.5) is 0 Å². The first kappa shape index (κ1) is 14.5. The highest BCUT2D eigenvalue weighted by Gasteiger charge is 2.24. The van der Waals surface area contributed by atoms with Gasteiger partial charge in [0.2, 0.25) is 5.91 Å². The van der Waals surface area contributed by atoms with Crippen LogP contribution in [0.2, 0.25) is 5.02 Å². The Hall–Kier alpha value is -1.43. The Labute approximate surface area is 132 Å². The molecule has 1 aromatic carbocycles. The summed E-state index contributed by atoms with van der Waals surface area (Å²) >= 11 is 7.68. The van der Waals surface area contributed by atoms with Crippen molar-refractivity contribution in [3.8, 4) is 10.6 Å². The minimum atomic E-state index is 0.0963. The molecular formula is C15H16ClN3OS. The number of hydrogen-bond acceptors (Lipinski definition) is 4. The smallest absolute Gasteiger partial charge is 0.228 e. The lowest BCUT2D eigenvalue weighted by atomic mass is 10.2. The molecule has 1 aromatic heterocycles. The second-order valence-corrected chi connectivity index (χ2v) is 6.45. The van der Waals surface area contributed by atoms with Crippen LogP contribution in [-0.2, 0) is 11.2 Å². The molecule has 2 aromatic rings. The lowest BCUT2D eigenvalue weighted by Crippen LogP contribution is -2.32. The van der Waals surface area contributed by atoms with E-state index in [1.54, 1.807) is 0 Å². The van der Waals surface area contributed by atoms with Crippen molar-refractivity contribution in [2.24, 2.45) is 5.73 Å². The molecule has 1 fully saturated rings. The highest BCUT2D eigenvalue weighted by Crippen LogP contribution is 2.30. The zero-order valence-corrected chi connectivity index (χ0v) is 13.0. The number of carbonyl (C=O) groups excluding carboxylic acids is 1. The van der Waals surface area contributed by atoms with Gasteiger partial charge in [-0.3, -0.25) is 4.79 Å². The lowest BCUT2D eigenvalue weighted by molar-refractivity contribution is -0.129. The molecule has 1 amide bonds. The van der Waals surface area contributed by atoms with Crippen LogP contribution < -0.4 is 5.73 Å². The summed E-state index contributed by atoms with van der Waals surface area (Å²) in [5.41, 5.74) is 7.53. The van der Waals surface area contributed by atoms with Gasteiger partial charge in [0.15, 0.2) is 0 Å². The van der Waals surface area contributed by atoms with Crippen molar-refractivity contribution in [3.05, 3.63) is 40.4 Å². The second-order valence-electron chi connectivity index (χ2n) is 5.19. The maximum atomic E-state index is 12.2. The fourth-order valence-corrected chi connectivity index (χ4v) is 3.57. The quantitative estimate of drug-likeness (QED) is 0.945. The molecule has 2 heterocycles. The molecule has 1 saturated heterocycles. The first-order valence-corrected chi connectivity index (χ1v) is 8.12. The van der Waals surface area contributed by atoms with Crippen LogP contribution in [0.1, 0.15) is 12.1 Å². The van der Waals surface area contributed by atoms with Gasteiger partial charge in [0.05, 0.1) is 17.1 Å². The predicted molar refractivity (Wildman–Crippen MR) is 85.4 cm³/mol. The Balaban J connectivity index is 1.71. The number of carbonyl (C=O) groups is 1. The molecule has 1 atom stereocenters. The Morgan fingerprint density at radius 2 is 2.29 bits per heavy atom. The van der Waals surface area contributed by atoms with E-state index in [0.29, 0.717) is 18.0 Å². The molecule has 0 radical (unpaired) electrons. The number of likely N-dealkylation sites (tertiary alicyclic amines) is 1. The van der Waals surface area contributed by atoms with Crippen molar-refractivity contribution in [1.29, 1.82) is 0 Å². The summed E-state index contributed by atoms with van der Waals surface area (Å²) in [4.78, 5) is 18.5. The minimum absolute atomic E-state index is 0.0963. The molecule has 110 valence electrons. The first-order chi connectivity index (χ1) is 10.1. The number of aromatic nitrogens is 1. The number of amides is 1. The van der Waals surface area contributed by atoms with Gasteiger partial charge in [-0.25, -0.2) is 4.98 Å². The molecule has 21 heavy (non-hydrogen) atoms. The van der Waals surface area contributed by atoms with Gasteiger partial charge in [0.25, 0.3) is 0 Å². The Morgan fingerprint density at radius 3 is 3.00 bits per heavy atom. The monoisotopic (exact) mass is 321 g/mol. The highest BCUT2D eigenvalue weighted by atomic mass is 35.5. The van der Waals surface area contributed by atoms with E-state index in [1.165, 1.54) is 11.3 Å². The molecule has 0 unspecified atom stereocenters. The Morgan fingerprint density at radius 1 is 1.48 bits per heavy atom. The van der Waals surface area contributed by atoms with Gasteiger partial charge in [-0.05, 0) is 12.5 Å². The Bertz CT molecular complexity index is 658. The molecule has 2 N–H and O–H groups in total. The summed E-state index contributed by atoms with van der Waals surface area (Å²) in [5, 5.41) is 3.45. The molecule has 0 bridgehead atoms. The van der Waals surface area contributed by atoms with E-state index in [1.807, 2.05) is 34.5 Å². The van der Waals surface area contributed by atoms with Gasteiger partial charge < -0.3 is 10.6 Å². The fourth-order valence-electron chi connectivity index (χ4n) is 2.43. The number of benzene rings is 1. The van der Waals surface area contributed by atoms with Crippen LogP contribution in [0.3, 0.4) is 0 Å². The van der Waals surface area contributed by atoms with E-state index >= 15 is 0 Å². The summed E-state index contributed by atoms with van der Waals surface area (Å²) < 4.78 is 0. The van der Waals surface area contributed by atoms with E-state index in [2.05, 4.69) is 4.98 Å². The summed E-state index contributed by atoms with van der Waals surface area (Å²) in [5.74, 6) is 0.0963. The van der Waals surface area contributed by atoms with Gasteiger partial charge in [0.1, 0.15) is 5.01 Å². The number of thiazole rings is 1. The maximum Gasteiger partial charge on any atom is 0.228 e. The highest BCUT2D eigenvalue weighted by molar-refractivity contribution is 7.13. The number of rotatable bonds is 3. The van der Waals surface area contributed by atoms with Crippen molar-refractivity contribution >= 4 is 28.8 Å². The van der Waals surface area contributed by atoms with Gasteiger partial charge in [-0.15, -0.1) is 11.3 Å². The first-order valence-electron chi connectivity index (χ1n) is 6.86. The van der Waals surface area contributed by atoms with Crippen LogP contribution in [0, 0.1) is 0 Å². The van der Waals surface area contributed by atoms with Gasteiger partial charge >= 0.3 is 0 Å². The molecule has 0 aliphatic carbocycles. The zero-order valence-electron chi connectivity index (χ0n) is 11.5. The van der Waals surface area contributed by atoms with Crippen molar-refractivity contribution in [2.75, 3.05) is 13.1 Å². The summed E-state index contributed by atoms with van der Waals surface area (Å²) in [6.07, 6.45) is 1.21. The lowest BCUT2D eigenvalue weighted by Gasteiger charge is -2.14. The van der Waals surface area contributed by atoms with Crippen LogP contribution in [0.25, 0.3) is 10.6 Å². The van der Waals surface area contributed by atoms with Gasteiger partial charge in [-0.1, -0.05) is 29.8 Å². The predicted octanol–water partition coefficient (Wildman–Crippen LogP) is 2.57. The third-order valence-corrected chi connectivity index (χ3v) is 4.82. The molecule has 3 rings (SSSR count). The summed E-state index contributed by atoms with van der Waals surface area (Å²) in [6.45, 7) is 1.40. The topological polar surface area (TPSA) is 59.2 Å². The summed E-state index contributed by atoms with van der Waals surface area (Å²) in [7, 11) is 0. The van der Waals surface area contributed by atoms with E-state index in [0.717, 1.165) is 29.2 Å². The van der Waals surface area contributed by atoms with Crippen LogP contribution in [0.15, 0.2) is 29.6 Å². The van der Waals surface area contributed by atoms with Crippen molar-refractivity contribution in [2.45, 2.75) is 18.9 Å². The fraction of sp³-hybridized carbons (Fsp3) is 0.333. The van der Waals surface area contributed by atoms with Crippen LogP contribution >= 0.6 is 22.9 Å². The molecule has 0 spiro atoms. The standard InChI is InChI=1S/C15H16ClN3OS/c16-13-4-2-1-3-12(13)15-18-11(9-21-15)7-14(20)19-6-5-10(17)8-19/h1-4,9-10H,5-8,17H2/t10-/m0/s1. The van der Waals surface area contributed by atoms with E-state index in [9.17, 15) is 4.79 Å². The molecule has 6 heteroatoms. The van der Waals surface area contributed by atoms with E-state index in [-0.39, 0.29) is 11.9 Å². The minimum Gasteiger partial charge on any atom is -0.341 e. The van der Waals surface area contributed by atoms with Crippen LogP contribution in [0.5, 0.6) is 0 Å². The largest absolute Gasteiger partial charge is 0.341 e. The zero-order chi connectivity index (χ0) is 14.8. The molecule has 1 aliphatic rings. The van der Waals surface area contributed by atoms with E-state index in [4.69, 9.17) is 17.3 Å². The average molecular weight is 322 g/mol. The number of nitrogens with zero attached hydrogens (tertiary/aromatic N) is 2. The van der Waals surface area contributed by atoms with Gasteiger partial charge in [-0.2, -0.15) is 0 Å². The molecule has 1 aliphatic heterocycles. The van der Waals surface area contributed by atoms with Crippen molar-refractivity contribution in [1.82, 2.24) is 9.88 Å². The second kappa shape index (κ2) is 6.13. The SMILES string of the molecule is N[C@H]1CCN(C(=O)Cc2csc(-c3ccccc3Cl)n2)C1. The Kier molecular flexibility index (Phi) is 4.24. The van der Waals surface area contributed by atoms with Crippen molar-refractivity contribution in [3.63, 3.8) is 0 Å². The van der Waals surface area contributed by atoms with Crippen molar-refractivity contribution < 1.29 is 4.79 Å². The third kappa shape index (κ3) is 3.26. The van der Waals surface area contributed by atoms with Crippen LogP contribution in [-0.4, -0.2) is 34.9 Å². The molecular weight excluding hydrogens is 306 g/mol. The van der Waals surface area contributed by atoms with Gasteiger partial charge in [0, 0.05) is 30.1 Å². The van der Waals surface area contributed by atoms with E-state index < -0.39 is 0 Å². The average Bonchev–Trinajstić information content (AvgIpc) is 3.08. The normalized spacial score (nSPS) is 18.2. The number of nitrogens with two attached hydrogens (primary N) is 1. The number of halogens is 1. The maximum absolute atomic E-state index is 12.2. The molecule has 0 saturated carbocycles. The molecule has 4 nitrogen and oxygen atoms in total. The third-order valence-electron chi connectivity index (χ3n) is 3.57. The summed E-state index contributed by atoms with van der Waals surface area (Å²) in [6, 6.07) is 7.71.